The maximum Gasteiger partial charge on any atom is 0.245 e. The van der Waals surface area contributed by atoms with Gasteiger partial charge in [-0.05, 0) is 44.6 Å². The van der Waals surface area contributed by atoms with Crippen LogP contribution in [-0.2, 0) is 15.0 Å². The lowest BCUT2D eigenvalue weighted by atomic mass is 9.92. The van der Waals surface area contributed by atoms with Crippen LogP contribution >= 0.6 is 0 Å². The number of carbonyl (C=O) groups excluding carboxylic acids is 2. The molecule has 0 aliphatic carbocycles. The highest BCUT2D eigenvalue weighted by molar-refractivity contribution is 5.95. The molecule has 37 heavy (non-hydrogen) atoms. The normalized spacial score (nSPS) is 12.4. The van der Waals surface area contributed by atoms with Crippen molar-refractivity contribution in [1.29, 1.82) is 0 Å². The Morgan fingerprint density at radius 2 is 1.65 bits per heavy atom. The molecular formula is C30H41N5O2. The molecule has 0 aliphatic rings. The highest BCUT2D eigenvalue weighted by Gasteiger charge is 2.27. The number of aromatic nitrogens is 2. The lowest BCUT2D eigenvalue weighted by Gasteiger charge is -2.28. The number of likely N-dealkylation sites (N-methyl/N-ethyl adjacent to an activating group) is 1. The third-order valence-corrected chi connectivity index (χ3v) is 6.46. The van der Waals surface area contributed by atoms with Crippen LogP contribution < -0.4 is 5.32 Å². The molecule has 7 nitrogen and oxygen atoms in total. The van der Waals surface area contributed by atoms with Crippen molar-refractivity contribution < 1.29 is 9.59 Å². The fraction of sp³-hybridized carbons (Fsp3) is 0.433. The molecule has 1 unspecified atom stereocenters. The SMILES string of the molecule is CCC(C(=O)N(CCN(C)C)CC(=O)Nc1cc(C(C)(C)C)nn1-c1ccccc1C)c1ccccc1. The first-order valence-electron chi connectivity index (χ1n) is 13.0. The molecule has 1 atom stereocenters. The quantitative estimate of drug-likeness (QED) is 0.423. The van der Waals surface area contributed by atoms with Gasteiger partial charge in [-0.1, -0.05) is 76.2 Å². The van der Waals surface area contributed by atoms with Gasteiger partial charge < -0.3 is 15.1 Å². The van der Waals surface area contributed by atoms with Crippen molar-refractivity contribution in [3.05, 3.63) is 77.5 Å². The Kier molecular flexibility index (Phi) is 9.27. The van der Waals surface area contributed by atoms with E-state index in [2.05, 4.69) is 26.1 Å². The Hall–Kier alpha value is -3.45. The molecule has 3 rings (SSSR count). The van der Waals surface area contributed by atoms with Gasteiger partial charge in [0.05, 0.1) is 23.8 Å². The van der Waals surface area contributed by atoms with E-state index in [0.29, 0.717) is 25.3 Å². The minimum atomic E-state index is -0.291. The van der Waals surface area contributed by atoms with Gasteiger partial charge >= 0.3 is 0 Å². The van der Waals surface area contributed by atoms with Gasteiger partial charge in [-0.3, -0.25) is 9.59 Å². The molecule has 2 amide bonds. The van der Waals surface area contributed by atoms with E-state index in [1.54, 1.807) is 9.58 Å². The summed E-state index contributed by atoms with van der Waals surface area (Å²) in [5.74, 6) is 0.0270. The number of nitrogens with one attached hydrogen (secondary N) is 1. The molecule has 0 spiro atoms. The van der Waals surface area contributed by atoms with Crippen molar-refractivity contribution in [1.82, 2.24) is 19.6 Å². The van der Waals surface area contributed by atoms with Crippen LogP contribution in [0.4, 0.5) is 5.82 Å². The Bertz CT molecular complexity index is 1190. The number of amides is 2. The second kappa shape index (κ2) is 12.2. The molecule has 0 saturated carbocycles. The third-order valence-electron chi connectivity index (χ3n) is 6.46. The molecule has 0 saturated heterocycles. The van der Waals surface area contributed by atoms with Gasteiger partial charge in [-0.15, -0.1) is 0 Å². The standard InChI is InChI=1S/C30H41N5O2/c1-8-24(23-15-10-9-11-16-23)29(37)34(19-18-33(6)7)21-28(36)31-27-20-26(30(3,4)5)32-35(27)25-17-13-12-14-22(25)2/h9-17,20,24H,8,18-19,21H2,1-7H3,(H,31,36). The van der Waals surface area contributed by atoms with Crippen LogP contribution in [0.3, 0.4) is 0 Å². The van der Waals surface area contributed by atoms with E-state index in [1.807, 2.05) is 93.5 Å². The molecule has 1 aromatic heterocycles. The largest absolute Gasteiger partial charge is 0.332 e. The molecule has 1 N–H and O–H groups in total. The number of carbonyl (C=O) groups is 2. The van der Waals surface area contributed by atoms with Gasteiger partial charge in [0.25, 0.3) is 0 Å². The fourth-order valence-corrected chi connectivity index (χ4v) is 4.22. The monoisotopic (exact) mass is 503 g/mol. The number of hydrogen-bond acceptors (Lipinski definition) is 4. The van der Waals surface area contributed by atoms with E-state index >= 15 is 0 Å². The number of aryl methyl sites for hydroxylation is 1. The highest BCUT2D eigenvalue weighted by atomic mass is 16.2. The minimum Gasteiger partial charge on any atom is -0.332 e. The Morgan fingerprint density at radius 3 is 2.24 bits per heavy atom. The van der Waals surface area contributed by atoms with Crippen LogP contribution in [0.25, 0.3) is 5.69 Å². The molecule has 0 bridgehead atoms. The molecular weight excluding hydrogens is 462 g/mol. The van der Waals surface area contributed by atoms with E-state index < -0.39 is 0 Å². The maximum absolute atomic E-state index is 13.7. The lowest BCUT2D eigenvalue weighted by Crippen LogP contribution is -2.43. The summed E-state index contributed by atoms with van der Waals surface area (Å²) >= 11 is 0. The van der Waals surface area contributed by atoms with Crippen molar-refractivity contribution in [3.63, 3.8) is 0 Å². The predicted octanol–water partition coefficient (Wildman–Crippen LogP) is 5.00. The zero-order valence-corrected chi connectivity index (χ0v) is 23.3. The zero-order chi connectivity index (χ0) is 27.2. The van der Waals surface area contributed by atoms with E-state index in [0.717, 1.165) is 22.5 Å². The van der Waals surface area contributed by atoms with Gasteiger partial charge in [0.2, 0.25) is 11.8 Å². The van der Waals surface area contributed by atoms with Gasteiger partial charge in [0, 0.05) is 24.6 Å². The fourth-order valence-electron chi connectivity index (χ4n) is 4.22. The second-order valence-corrected chi connectivity index (χ2v) is 10.8. The molecule has 7 heteroatoms. The highest BCUT2D eigenvalue weighted by Crippen LogP contribution is 2.28. The first-order valence-corrected chi connectivity index (χ1v) is 13.0. The van der Waals surface area contributed by atoms with Crippen LogP contribution in [0.1, 0.15) is 56.9 Å². The van der Waals surface area contributed by atoms with Crippen molar-refractivity contribution in [2.45, 2.75) is 52.4 Å². The van der Waals surface area contributed by atoms with E-state index in [9.17, 15) is 9.59 Å². The zero-order valence-electron chi connectivity index (χ0n) is 23.3. The Morgan fingerprint density at radius 1 is 1.00 bits per heavy atom. The molecule has 2 aromatic carbocycles. The number of anilines is 1. The summed E-state index contributed by atoms with van der Waals surface area (Å²) in [5.41, 5.74) is 3.62. The number of benzene rings is 2. The molecule has 0 aliphatic heterocycles. The number of nitrogens with zero attached hydrogens (tertiary/aromatic N) is 4. The van der Waals surface area contributed by atoms with Crippen molar-refractivity contribution in [3.8, 4) is 5.69 Å². The first-order chi connectivity index (χ1) is 17.5. The summed E-state index contributed by atoms with van der Waals surface area (Å²) in [4.78, 5) is 30.7. The molecule has 3 aromatic rings. The van der Waals surface area contributed by atoms with Gasteiger partial charge in [-0.2, -0.15) is 5.10 Å². The molecule has 198 valence electrons. The van der Waals surface area contributed by atoms with Crippen LogP contribution in [0.15, 0.2) is 60.7 Å². The summed E-state index contributed by atoms with van der Waals surface area (Å²) in [5, 5.41) is 7.89. The molecule has 1 heterocycles. The van der Waals surface area contributed by atoms with Crippen LogP contribution in [0.2, 0.25) is 0 Å². The van der Waals surface area contributed by atoms with Gasteiger partial charge in [0.15, 0.2) is 0 Å². The van der Waals surface area contributed by atoms with Gasteiger partial charge in [-0.25, -0.2) is 4.68 Å². The molecule has 0 radical (unpaired) electrons. The summed E-state index contributed by atoms with van der Waals surface area (Å²) in [6.07, 6.45) is 0.665. The number of rotatable bonds is 10. The van der Waals surface area contributed by atoms with E-state index in [-0.39, 0.29) is 29.7 Å². The van der Waals surface area contributed by atoms with E-state index in [4.69, 9.17) is 5.10 Å². The summed E-state index contributed by atoms with van der Waals surface area (Å²) < 4.78 is 1.79. The third kappa shape index (κ3) is 7.29. The summed E-state index contributed by atoms with van der Waals surface area (Å²) in [6.45, 7) is 11.4. The van der Waals surface area contributed by atoms with Crippen molar-refractivity contribution >= 4 is 17.6 Å². The van der Waals surface area contributed by atoms with E-state index in [1.165, 1.54) is 0 Å². The Balaban J connectivity index is 1.88. The molecule has 0 fully saturated rings. The Labute approximate surface area is 221 Å². The number of hydrogen-bond donors (Lipinski definition) is 1. The first kappa shape index (κ1) is 28.1. The smallest absolute Gasteiger partial charge is 0.245 e. The maximum atomic E-state index is 13.7. The van der Waals surface area contributed by atoms with Gasteiger partial charge in [0.1, 0.15) is 5.82 Å². The average molecular weight is 504 g/mol. The van der Waals surface area contributed by atoms with Crippen molar-refractivity contribution in [2.24, 2.45) is 0 Å². The topological polar surface area (TPSA) is 70.5 Å². The van der Waals surface area contributed by atoms with Crippen LogP contribution in [0.5, 0.6) is 0 Å². The summed E-state index contributed by atoms with van der Waals surface area (Å²) in [7, 11) is 3.93. The lowest BCUT2D eigenvalue weighted by molar-refractivity contribution is -0.136. The minimum absolute atomic E-state index is 0.0280. The van der Waals surface area contributed by atoms with Crippen molar-refractivity contribution in [2.75, 3.05) is 39.0 Å². The van der Waals surface area contributed by atoms with Crippen LogP contribution in [-0.4, -0.2) is 65.1 Å². The van der Waals surface area contributed by atoms with Crippen LogP contribution in [0, 0.1) is 6.92 Å². The second-order valence-electron chi connectivity index (χ2n) is 10.8. The number of para-hydroxylation sites is 1. The average Bonchev–Trinajstić information content (AvgIpc) is 3.27. The summed E-state index contributed by atoms with van der Waals surface area (Å²) in [6, 6.07) is 19.7. The predicted molar refractivity (Wildman–Crippen MR) is 150 cm³/mol.